The van der Waals surface area contributed by atoms with Crippen LogP contribution in [-0.2, 0) is 12.7 Å². The molecule has 1 aromatic heterocycles. The van der Waals surface area contributed by atoms with Gasteiger partial charge in [0.15, 0.2) is 0 Å². The Bertz CT molecular complexity index is 518. The molecule has 0 spiro atoms. The van der Waals surface area contributed by atoms with Gasteiger partial charge in [0.2, 0.25) is 0 Å². The van der Waals surface area contributed by atoms with E-state index >= 15 is 0 Å². The molecule has 1 nitrogen and oxygen atoms in total. The van der Waals surface area contributed by atoms with Crippen molar-refractivity contribution in [2.24, 2.45) is 0 Å². The Balaban J connectivity index is 2.16. The lowest BCUT2D eigenvalue weighted by molar-refractivity contribution is -0.137. The number of anilines is 1. The van der Waals surface area contributed by atoms with E-state index < -0.39 is 11.7 Å². The van der Waals surface area contributed by atoms with Gasteiger partial charge in [0.1, 0.15) is 0 Å². The van der Waals surface area contributed by atoms with Gasteiger partial charge in [0.05, 0.1) is 5.56 Å². The first-order valence-electron chi connectivity index (χ1n) is 5.39. The average Bonchev–Trinajstić information content (AvgIpc) is 2.79. The van der Waals surface area contributed by atoms with Gasteiger partial charge in [-0.05, 0) is 47.0 Å². The predicted octanol–water partition coefficient (Wildman–Crippen LogP) is 4.69. The SMILES string of the molecule is Cc1ccc(C(F)(F)F)cc1NCc1ccsc1. The highest BCUT2D eigenvalue weighted by Crippen LogP contribution is 2.32. The topological polar surface area (TPSA) is 12.0 Å². The van der Waals surface area contributed by atoms with Gasteiger partial charge < -0.3 is 5.32 Å². The molecule has 0 aliphatic heterocycles. The molecule has 1 N–H and O–H groups in total. The highest BCUT2D eigenvalue weighted by Gasteiger charge is 2.30. The van der Waals surface area contributed by atoms with E-state index in [4.69, 9.17) is 0 Å². The summed E-state index contributed by atoms with van der Waals surface area (Å²) in [4.78, 5) is 0. The molecule has 0 saturated heterocycles. The number of halogens is 3. The van der Waals surface area contributed by atoms with Crippen LogP contribution in [0.2, 0.25) is 0 Å². The molecule has 2 aromatic rings. The Labute approximate surface area is 107 Å². The second kappa shape index (κ2) is 5.02. The molecule has 96 valence electrons. The number of aryl methyl sites for hydroxylation is 1. The molecule has 0 saturated carbocycles. The van der Waals surface area contributed by atoms with Gasteiger partial charge in [-0.1, -0.05) is 6.07 Å². The van der Waals surface area contributed by atoms with Crippen LogP contribution < -0.4 is 5.32 Å². The third kappa shape index (κ3) is 3.04. The summed E-state index contributed by atoms with van der Waals surface area (Å²) in [5.41, 5.74) is 1.77. The van der Waals surface area contributed by atoms with Gasteiger partial charge in [0.25, 0.3) is 0 Å². The van der Waals surface area contributed by atoms with Crippen LogP contribution in [0.1, 0.15) is 16.7 Å². The highest BCUT2D eigenvalue weighted by molar-refractivity contribution is 7.07. The molecule has 18 heavy (non-hydrogen) atoms. The first-order chi connectivity index (χ1) is 8.47. The Morgan fingerprint density at radius 3 is 2.61 bits per heavy atom. The number of rotatable bonds is 3. The molecule has 0 aliphatic rings. The van der Waals surface area contributed by atoms with Crippen LogP contribution in [0.5, 0.6) is 0 Å². The van der Waals surface area contributed by atoms with Crippen LogP contribution in [0.25, 0.3) is 0 Å². The van der Waals surface area contributed by atoms with Crippen molar-refractivity contribution < 1.29 is 13.2 Å². The molecule has 0 amide bonds. The van der Waals surface area contributed by atoms with E-state index in [1.807, 2.05) is 16.8 Å². The van der Waals surface area contributed by atoms with Crippen molar-refractivity contribution >= 4 is 17.0 Å². The van der Waals surface area contributed by atoms with Crippen molar-refractivity contribution in [3.05, 3.63) is 51.7 Å². The van der Waals surface area contributed by atoms with Gasteiger partial charge in [-0.2, -0.15) is 24.5 Å². The van der Waals surface area contributed by atoms with Crippen molar-refractivity contribution in [1.82, 2.24) is 0 Å². The van der Waals surface area contributed by atoms with Crippen LogP contribution in [0.4, 0.5) is 18.9 Å². The van der Waals surface area contributed by atoms with Gasteiger partial charge in [0, 0.05) is 12.2 Å². The maximum absolute atomic E-state index is 12.6. The number of nitrogens with one attached hydrogen (secondary N) is 1. The molecule has 5 heteroatoms. The first kappa shape index (κ1) is 13.0. The molecular weight excluding hydrogens is 259 g/mol. The number of thiophene rings is 1. The fourth-order valence-electron chi connectivity index (χ4n) is 1.58. The second-order valence-electron chi connectivity index (χ2n) is 4.01. The van der Waals surface area contributed by atoms with Crippen LogP contribution in [0.15, 0.2) is 35.0 Å². The maximum atomic E-state index is 12.6. The molecule has 2 rings (SSSR count). The Morgan fingerprint density at radius 2 is 2.00 bits per heavy atom. The summed E-state index contributed by atoms with van der Waals surface area (Å²) in [6, 6.07) is 5.69. The maximum Gasteiger partial charge on any atom is 0.416 e. The molecule has 0 unspecified atom stereocenters. The van der Waals surface area contributed by atoms with Crippen LogP contribution in [0.3, 0.4) is 0 Å². The summed E-state index contributed by atoms with van der Waals surface area (Å²) in [6.45, 7) is 2.32. The fourth-order valence-corrected chi connectivity index (χ4v) is 2.25. The lowest BCUT2D eigenvalue weighted by Gasteiger charge is -2.12. The number of hydrogen-bond acceptors (Lipinski definition) is 2. The minimum Gasteiger partial charge on any atom is -0.381 e. The quantitative estimate of drug-likeness (QED) is 0.854. The summed E-state index contributed by atoms with van der Waals surface area (Å²) in [7, 11) is 0. The van der Waals surface area contributed by atoms with Crippen molar-refractivity contribution in [2.45, 2.75) is 19.6 Å². The normalized spacial score (nSPS) is 11.6. The molecule has 0 radical (unpaired) electrons. The van der Waals surface area contributed by atoms with E-state index in [1.165, 1.54) is 6.07 Å². The molecule has 0 atom stereocenters. The van der Waals surface area contributed by atoms with E-state index in [2.05, 4.69) is 5.32 Å². The molecule has 0 aliphatic carbocycles. The summed E-state index contributed by atoms with van der Waals surface area (Å²) in [5, 5.41) is 6.94. The average molecular weight is 271 g/mol. The van der Waals surface area contributed by atoms with Gasteiger partial charge >= 0.3 is 6.18 Å². The van der Waals surface area contributed by atoms with E-state index in [0.717, 1.165) is 23.3 Å². The van der Waals surface area contributed by atoms with Crippen molar-refractivity contribution in [2.75, 3.05) is 5.32 Å². The lowest BCUT2D eigenvalue weighted by Crippen LogP contribution is -2.07. The van der Waals surface area contributed by atoms with E-state index in [9.17, 15) is 13.2 Å². The Kier molecular flexibility index (Phi) is 3.61. The number of hydrogen-bond donors (Lipinski definition) is 1. The zero-order valence-corrected chi connectivity index (χ0v) is 10.5. The van der Waals surface area contributed by atoms with Gasteiger partial charge in [-0.3, -0.25) is 0 Å². The van der Waals surface area contributed by atoms with Gasteiger partial charge in [-0.25, -0.2) is 0 Å². The van der Waals surface area contributed by atoms with E-state index in [0.29, 0.717) is 12.2 Å². The van der Waals surface area contributed by atoms with E-state index in [-0.39, 0.29) is 0 Å². The largest absolute Gasteiger partial charge is 0.416 e. The Morgan fingerprint density at radius 1 is 1.22 bits per heavy atom. The summed E-state index contributed by atoms with van der Waals surface area (Å²) < 4.78 is 37.8. The van der Waals surface area contributed by atoms with Crippen LogP contribution in [-0.4, -0.2) is 0 Å². The highest BCUT2D eigenvalue weighted by atomic mass is 32.1. The summed E-state index contributed by atoms with van der Waals surface area (Å²) >= 11 is 1.57. The fraction of sp³-hybridized carbons (Fsp3) is 0.231. The van der Waals surface area contributed by atoms with Crippen LogP contribution >= 0.6 is 11.3 Å². The number of alkyl halides is 3. The van der Waals surface area contributed by atoms with Crippen molar-refractivity contribution in [3.63, 3.8) is 0 Å². The minimum absolute atomic E-state index is 0.524. The van der Waals surface area contributed by atoms with E-state index in [1.54, 1.807) is 18.3 Å². The van der Waals surface area contributed by atoms with Gasteiger partial charge in [-0.15, -0.1) is 0 Å². The summed E-state index contributed by atoms with van der Waals surface area (Å²) in [5.74, 6) is 0. The third-order valence-corrected chi connectivity index (χ3v) is 3.36. The van der Waals surface area contributed by atoms with Crippen molar-refractivity contribution in [3.8, 4) is 0 Å². The predicted molar refractivity (Wildman–Crippen MR) is 67.8 cm³/mol. The first-order valence-corrected chi connectivity index (χ1v) is 6.34. The molecule has 1 aromatic carbocycles. The second-order valence-corrected chi connectivity index (χ2v) is 4.79. The monoisotopic (exact) mass is 271 g/mol. The molecule has 0 fully saturated rings. The summed E-state index contributed by atoms with van der Waals surface area (Å²) in [6.07, 6.45) is -4.30. The number of benzene rings is 1. The zero-order chi connectivity index (χ0) is 13.2. The zero-order valence-electron chi connectivity index (χ0n) is 9.71. The lowest BCUT2D eigenvalue weighted by atomic mass is 10.1. The molecule has 1 heterocycles. The molecular formula is C13H12F3NS. The smallest absolute Gasteiger partial charge is 0.381 e. The minimum atomic E-state index is -4.30. The standard InChI is InChI=1S/C13H12F3NS/c1-9-2-3-11(13(14,15)16)6-12(9)17-7-10-4-5-18-8-10/h2-6,8,17H,7H2,1H3. The third-order valence-electron chi connectivity index (χ3n) is 2.63. The Hall–Kier alpha value is -1.49. The molecule has 0 bridgehead atoms. The van der Waals surface area contributed by atoms with Crippen molar-refractivity contribution in [1.29, 1.82) is 0 Å². The van der Waals surface area contributed by atoms with Crippen LogP contribution in [0, 0.1) is 6.92 Å².